The Kier molecular flexibility index (Phi) is 7.25. The lowest BCUT2D eigenvalue weighted by molar-refractivity contribution is 1.07. The Morgan fingerprint density at radius 1 is 0.260 bits per heavy atom. The highest BCUT2D eigenvalue weighted by Gasteiger charge is 2.16. The number of benzene rings is 8. The van der Waals surface area contributed by atoms with Crippen LogP contribution in [0.15, 0.2) is 164 Å². The zero-order valence-electron chi connectivity index (χ0n) is 27.9. The van der Waals surface area contributed by atoms with Crippen molar-refractivity contribution in [1.82, 2.24) is 15.0 Å². The largest absolute Gasteiger partial charge is 0.208 e. The maximum atomic E-state index is 5.11. The lowest BCUT2D eigenvalue weighted by atomic mass is 9.90. The van der Waals surface area contributed by atoms with E-state index in [0.717, 1.165) is 33.4 Å². The van der Waals surface area contributed by atoms with Gasteiger partial charge in [-0.2, -0.15) is 0 Å². The average Bonchev–Trinajstić information content (AvgIpc) is 3.18. The molecular formula is C47H33N3. The molecule has 0 radical (unpaired) electrons. The van der Waals surface area contributed by atoms with E-state index in [0.29, 0.717) is 17.5 Å². The van der Waals surface area contributed by atoms with E-state index in [1.165, 1.54) is 49.0 Å². The van der Waals surface area contributed by atoms with Gasteiger partial charge < -0.3 is 0 Å². The Balaban J connectivity index is 1.30. The van der Waals surface area contributed by atoms with E-state index in [-0.39, 0.29) is 0 Å². The van der Waals surface area contributed by atoms with Crippen molar-refractivity contribution in [3.05, 3.63) is 175 Å². The van der Waals surface area contributed by atoms with Crippen LogP contribution in [-0.2, 0) is 0 Å². The van der Waals surface area contributed by atoms with Crippen LogP contribution in [0.3, 0.4) is 0 Å². The molecule has 0 spiro atoms. The predicted molar refractivity (Wildman–Crippen MR) is 209 cm³/mol. The van der Waals surface area contributed by atoms with Gasteiger partial charge in [0.25, 0.3) is 0 Å². The molecule has 0 atom stereocenters. The Labute approximate surface area is 291 Å². The van der Waals surface area contributed by atoms with Crippen molar-refractivity contribution in [2.45, 2.75) is 13.8 Å². The Morgan fingerprint density at radius 3 is 1.16 bits per heavy atom. The van der Waals surface area contributed by atoms with Crippen LogP contribution in [0.2, 0.25) is 0 Å². The summed E-state index contributed by atoms with van der Waals surface area (Å²) in [4.78, 5) is 15.2. The molecule has 0 N–H and O–H groups in total. The molecule has 0 aliphatic heterocycles. The topological polar surface area (TPSA) is 38.7 Å². The number of fused-ring (bicyclic) bond motifs is 6. The van der Waals surface area contributed by atoms with E-state index in [2.05, 4.69) is 117 Å². The van der Waals surface area contributed by atoms with Gasteiger partial charge in [0.2, 0.25) is 0 Å². The molecule has 50 heavy (non-hydrogen) atoms. The lowest BCUT2D eigenvalue weighted by Crippen LogP contribution is -2.00. The van der Waals surface area contributed by atoms with E-state index in [1.807, 2.05) is 60.7 Å². The van der Waals surface area contributed by atoms with Gasteiger partial charge in [-0.1, -0.05) is 151 Å². The summed E-state index contributed by atoms with van der Waals surface area (Å²) in [5, 5.41) is 7.57. The molecule has 236 valence electrons. The van der Waals surface area contributed by atoms with Gasteiger partial charge >= 0.3 is 0 Å². The molecule has 3 nitrogen and oxygen atoms in total. The van der Waals surface area contributed by atoms with E-state index in [1.54, 1.807) is 0 Å². The second-order valence-electron chi connectivity index (χ2n) is 13.1. The monoisotopic (exact) mass is 639 g/mol. The van der Waals surface area contributed by atoms with Crippen LogP contribution < -0.4 is 0 Å². The van der Waals surface area contributed by atoms with Gasteiger partial charge in [0, 0.05) is 16.7 Å². The predicted octanol–water partition coefficient (Wildman–Crippen LogP) is 12.3. The first kappa shape index (κ1) is 29.7. The summed E-state index contributed by atoms with van der Waals surface area (Å²) < 4.78 is 0. The molecule has 0 bridgehead atoms. The number of rotatable bonds is 5. The molecule has 1 heterocycles. The zero-order valence-corrected chi connectivity index (χ0v) is 27.9. The zero-order chi connectivity index (χ0) is 33.6. The van der Waals surface area contributed by atoms with Crippen molar-refractivity contribution in [3.8, 4) is 56.4 Å². The second kappa shape index (κ2) is 12.2. The van der Waals surface area contributed by atoms with Gasteiger partial charge in [-0.15, -0.1) is 0 Å². The minimum atomic E-state index is 0.641. The summed E-state index contributed by atoms with van der Waals surface area (Å²) in [6.07, 6.45) is 0. The van der Waals surface area contributed by atoms with Crippen molar-refractivity contribution >= 4 is 32.3 Å². The Morgan fingerprint density at radius 2 is 0.640 bits per heavy atom. The normalized spacial score (nSPS) is 11.4. The third-order valence-corrected chi connectivity index (χ3v) is 9.52. The van der Waals surface area contributed by atoms with Gasteiger partial charge in [-0.05, 0) is 92.7 Å². The molecular weight excluding hydrogens is 607 g/mol. The third kappa shape index (κ3) is 5.39. The van der Waals surface area contributed by atoms with Crippen LogP contribution in [0.25, 0.3) is 88.7 Å². The molecule has 0 aliphatic carbocycles. The van der Waals surface area contributed by atoms with Crippen LogP contribution in [0.5, 0.6) is 0 Å². The van der Waals surface area contributed by atoms with E-state index in [9.17, 15) is 0 Å². The van der Waals surface area contributed by atoms with Crippen LogP contribution in [-0.4, -0.2) is 15.0 Å². The van der Waals surface area contributed by atoms with Crippen molar-refractivity contribution in [2.24, 2.45) is 0 Å². The number of aromatic nitrogens is 3. The highest BCUT2D eigenvalue weighted by atomic mass is 15.0. The van der Waals surface area contributed by atoms with E-state index < -0.39 is 0 Å². The molecule has 9 aromatic rings. The maximum Gasteiger partial charge on any atom is 0.164 e. The maximum absolute atomic E-state index is 5.11. The molecule has 0 unspecified atom stereocenters. The molecule has 0 amide bonds. The number of aryl methyl sites for hydroxylation is 2. The summed E-state index contributed by atoms with van der Waals surface area (Å²) in [5.41, 5.74) is 9.85. The van der Waals surface area contributed by atoms with Gasteiger partial charge in [0.1, 0.15) is 0 Å². The molecule has 8 aromatic carbocycles. The Hall–Kier alpha value is -6.45. The first-order valence-corrected chi connectivity index (χ1v) is 17.0. The Bertz CT molecular complexity index is 2600. The number of hydrogen-bond acceptors (Lipinski definition) is 3. The first-order valence-electron chi connectivity index (χ1n) is 17.0. The van der Waals surface area contributed by atoms with Crippen molar-refractivity contribution < 1.29 is 0 Å². The second-order valence-corrected chi connectivity index (χ2v) is 13.1. The summed E-state index contributed by atoms with van der Waals surface area (Å²) in [6.45, 7) is 4.31. The van der Waals surface area contributed by atoms with Crippen molar-refractivity contribution in [3.63, 3.8) is 0 Å². The van der Waals surface area contributed by atoms with Crippen molar-refractivity contribution in [1.29, 1.82) is 0 Å². The summed E-state index contributed by atoms with van der Waals surface area (Å²) in [5.74, 6) is 1.94. The quantitative estimate of drug-likeness (QED) is 0.176. The highest BCUT2D eigenvalue weighted by Crippen LogP contribution is 2.39. The molecule has 1 aromatic heterocycles. The van der Waals surface area contributed by atoms with E-state index >= 15 is 0 Å². The smallest absolute Gasteiger partial charge is 0.164 e. The van der Waals surface area contributed by atoms with Crippen LogP contribution in [0.4, 0.5) is 0 Å². The highest BCUT2D eigenvalue weighted by molar-refractivity contribution is 6.25. The van der Waals surface area contributed by atoms with Crippen LogP contribution >= 0.6 is 0 Å². The fraction of sp³-hybridized carbons (Fsp3) is 0.0426. The van der Waals surface area contributed by atoms with Crippen LogP contribution in [0.1, 0.15) is 11.1 Å². The average molecular weight is 640 g/mol. The molecule has 0 fully saturated rings. The molecule has 0 aliphatic rings. The van der Waals surface area contributed by atoms with Gasteiger partial charge in [-0.25, -0.2) is 15.0 Å². The minimum Gasteiger partial charge on any atom is -0.208 e. The summed E-state index contributed by atoms with van der Waals surface area (Å²) in [6, 6.07) is 58.2. The molecule has 0 saturated heterocycles. The SMILES string of the molecule is Cc1cc(C)cc(-c2cc(-c3ccc4c5ccccc5c5ccccc5c4c3)cc(-c3nc(-c4ccccc4)nc(-c4ccccc4)n3)c2)c1. The number of hydrogen-bond donors (Lipinski definition) is 0. The van der Waals surface area contributed by atoms with Gasteiger partial charge in [0.05, 0.1) is 0 Å². The number of nitrogens with zero attached hydrogens (tertiary/aromatic N) is 3. The van der Waals surface area contributed by atoms with Gasteiger partial charge in [0.15, 0.2) is 17.5 Å². The van der Waals surface area contributed by atoms with Crippen LogP contribution in [0, 0.1) is 13.8 Å². The summed E-state index contributed by atoms with van der Waals surface area (Å²) in [7, 11) is 0. The summed E-state index contributed by atoms with van der Waals surface area (Å²) >= 11 is 0. The van der Waals surface area contributed by atoms with Crippen molar-refractivity contribution in [2.75, 3.05) is 0 Å². The van der Waals surface area contributed by atoms with E-state index in [4.69, 9.17) is 15.0 Å². The lowest BCUT2D eigenvalue weighted by Gasteiger charge is -2.15. The first-order chi connectivity index (χ1) is 24.6. The fourth-order valence-corrected chi connectivity index (χ4v) is 7.26. The standard InChI is InChI=1S/C47H33N3/c1-30-23-31(2)25-35(24-30)37-26-36(34-21-22-43-41-19-10-9-17-39(41)40-18-11-12-20-42(40)44(43)29-34)27-38(28-37)47-49-45(32-13-5-3-6-14-32)48-46(50-47)33-15-7-4-8-16-33/h3-29H,1-2H3. The van der Waals surface area contributed by atoms with Gasteiger partial charge in [-0.3, -0.25) is 0 Å². The minimum absolute atomic E-state index is 0.641. The molecule has 3 heteroatoms. The molecule has 0 saturated carbocycles. The fourth-order valence-electron chi connectivity index (χ4n) is 7.26. The third-order valence-electron chi connectivity index (χ3n) is 9.52. The molecule has 9 rings (SSSR count).